The van der Waals surface area contributed by atoms with Gasteiger partial charge in [-0.2, -0.15) is 17.5 Å². The highest BCUT2D eigenvalue weighted by molar-refractivity contribution is 7.89. The molecule has 1 saturated heterocycles. The summed E-state index contributed by atoms with van der Waals surface area (Å²) in [6, 6.07) is 11.0. The van der Waals surface area contributed by atoms with Crippen LogP contribution in [0.4, 0.5) is 18.0 Å². The maximum atomic E-state index is 13.1. The Labute approximate surface area is 196 Å². The Balaban J connectivity index is 1.36. The van der Waals surface area contributed by atoms with E-state index in [-0.39, 0.29) is 48.2 Å². The van der Waals surface area contributed by atoms with E-state index in [2.05, 4.69) is 4.98 Å². The first-order valence-electron chi connectivity index (χ1n) is 11.0. The molecule has 1 aliphatic heterocycles. The van der Waals surface area contributed by atoms with Crippen molar-refractivity contribution in [3.05, 3.63) is 59.4 Å². The van der Waals surface area contributed by atoms with E-state index in [4.69, 9.17) is 4.74 Å². The predicted molar refractivity (Wildman–Crippen MR) is 117 cm³/mol. The molecule has 0 N–H and O–H groups in total. The molecule has 1 unspecified atom stereocenters. The number of nitrogens with zero attached hydrogens (tertiary/aromatic N) is 3. The van der Waals surface area contributed by atoms with Crippen molar-refractivity contribution in [3.63, 3.8) is 0 Å². The molecule has 1 amide bonds. The van der Waals surface area contributed by atoms with Crippen LogP contribution in [0.3, 0.4) is 0 Å². The van der Waals surface area contributed by atoms with E-state index < -0.39 is 28.0 Å². The van der Waals surface area contributed by atoms with E-state index in [1.54, 1.807) is 11.9 Å². The lowest BCUT2D eigenvalue weighted by Gasteiger charge is -2.26. The molecule has 2 aromatic rings. The third kappa shape index (κ3) is 4.90. The van der Waals surface area contributed by atoms with Gasteiger partial charge in [0.25, 0.3) is 0 Å². The average molecular weight is 498 g/mol. The number of sulfonamides is 1. The summed E-state index contributed by atoms with van der Waals surface area (Å²) in [5.41, 5.74) is -0.403. The second kappa shape index (κ2) is 9.18. The molecular weight excluding hydrogens is 471 g/mol. The number of halogens is 3. The van der Waals surface area contributed by atoms with Gasteiger partial charge in [0.05, 0.1) is 5.69 Å². The lowest BCUT2D eigenvalue weighted by atomic mass is 10.0. The van der Waals surface area contributed by atoms with Crippen LogP contribution >= 0.6 is 0 Å². The third-order valence-electron chi connectivity index (χ3n) is 6.68. The number of alkyl halides is 3. The van der Waals surface area contributed by atoms with Crippen LogP contribution in [-0.2, 0) is 27.5 Å². The molecule has 0 radical (unpaired) electrons. The molecule has 1 saturated carbocycles. The molecule has 184 valence electrons. The minimum absolute atomic E-state index is 0.0578. The molecule has 2 heterocycles. The molecule has 1 aromatic heterocycles. The van der Waals surface area contributed by atoms with Gasteiger partial charge in [-0.3, -0.25) is 0 Å². The van der Waals surface area contributed by atoms with Crippen molar-refractivity contribution in [1.29, 1.82) is 0 Å². The number of aromatic nitrogens is 1. The van der Waals surface area contributed by atoms with Crippen LogP contribution in [0.2, 0.25) is 0 Å². The maximum absolute atomic E-state index is 13.1. The summed E-state index contributed by atoms with van der Waals surface area (Å²) in [6.07, 6.45) is -3.79. The fraction of sp³-hybridized carbons (Fsp3) is 0.478. The number of aryl methyl sites for hydroxylation is 1. The minimum Gasteiger partial charge on any atom is -0.445 e. The molecule has 2 aliphatic rings. The zero-order valence-electron chi connectivity index (χ0n) is 18.8. The quantitative estimate of drug-likeness (QED) is 0.622. The molecule has 1 aliphatic carbocycles. The van der Waals surface area contributed by atoms with Crippen LogP contribution in [-0.4, -0.2) is 54.9 Å². The summed E-state index contributed by atoms with van der Waals surface area (Å²) in [7, 11) is -2.28. The molecule has 11 heteroatoms. The van der Waals surface area contributed by atoms with E-state index in [1.807, 2.05) is 30.3 Å². The number of fused-ring (bicyclic) bond motifs is 1. The minimum atomic E-state index is -4.64. The molecule has 7 nitrogen and oxygen atoms in total. The first kappa shape index (κ1) is 24.5. The van der Waals surface area contributed by atoms with Crippen molar-refractivity contribution in [2.24, 2.45) is 11.8 Å². The van der Waals surface area contributed by atoms with E-state index in [0.29, 0.717) is 18.9 Å². The Bertz CT molecular complexity index is 1140. The van der Waals surface area contributed by atoms with Gasteiger partial charge in [-0.05, 0) is 49.3 Å². The molecular formula is C23H26F3N3O4S. The molecule has 3 atom stereocenters. The molecule has 0 bridgehead atoms. The van der Waals surface area contributed by atoms with Crippen molar-refractivity contribution in [1.82, 2.24) is 14.2 Å². The highest BCUT2D eigenvalue weighted by atomic mass is 32.2. The highest BCUT2D eigenvalue weighted by Crippen LogP contribution is 2.42. The van der Waals surface area contributed by atoms with Crippen LogP contribution in [0.15, 0.2) is 47.4 Å². The van der Waals surface area contributed by atoms with E-state index in [9.17, 15) is 26.4 Å². The van der Waals surface area contributed by atoms with Gasteiger partial charge in [0.15, 0.2) is 0 Å². The summed E-state index contributed by atoms with van der Waals surface area (Å²) in [5, 5.41) is 0. The van der Waals surface area contributed by atoms with Gasteiger partial charge in [0.1, 0.15) is 17.2 Å². The van der Waals surface area contributed by atoms with Gasteiger partial charge in [-0.15, -0.1) is 0 Å². The standard InChI is InChI=1S/C23H26F3N3O4S/c1-15-20(8-9-21(27-15)23(24,25)26)34(31,32)29-12-17-10-19(11-18(17)13-29)28(2)22(30)33-14-16-6-4-3-5-7-16/h3-9,17-19H,10-14H2,1-2H3/t17-,18+,19?. The van der Waals surface area contributed by atoms with Crippen molar-refractivity contribution < 1.29 is 31.1 Å². The Morgan fingerprint density at radius 3 is 2.29 bits per heavy atom. The van der Waals surface area contributed by atoms with Gasteiger partial charge in [-0.1, -0.05) is 30.3 Å². The number of rotatable bonds is 5. The fourth-order valence-electron chi connectivity index (χ4n) is 4.83. The fourth-order valence-corrected chi connectivity index (χ4v) is 6.54. The monoisotopic (exact) mass is 497 g/mol. The number of hydrogen-bond acceptors (Lipinski definition) is 5. The number of benzene rings is 1. The van der Waals surface area contributed by atoms with Crippen LogP contribution < -0.4 is 0 Å². The number of carbonyl (C=O) groups excluding carboxylic acids is 1. The first-order valence-corrected chi connectivity index (χ1v) is 12.4. The normalized spacial score (nSPS) is 23.0. The average Bonchev–Trinajstić information content (AvgIpc) is 3.37. The SMILES string of the molecule is Cc1nc(C(F)(F)F)ccc1S(=O)(=O)N1C[C@H]2CC(N(C)C(=O)OCc3ccccc3)C[C@H]2C1. The van der Waals surface area contributed by atoms with E-state index in [0.717, 1.165) is 11.6 Å². The van der Waals surface area contributed by atoms with Gasteiger partial charge >= 0.3 is 12.3 Å². The Morgan fingerprint density at radius 1 is 1.12 bits per heavy atom. The van der Waals surface area contributed by atoms with Gasteiger partial charge in [0.2, 0.25) is 10.0 Å². The molecule has 2 fully saturated rings. The van der Waals surface area contributed by atoms with Crippen molar-refractivity contribution >= 4 is 16.1 Å². The zero-order chi connectivity index (χ0) is 24.7. The highest BCUT2D eigenvalue weighted by Gasteiger charge is 2.47. The summed E-state index contributed by atoms with van der Waals surface area (Å²) in [4.78, 5) is 17.3. The van der Waals surface area contributed by atoms with Crippen molar-refractivity contribution in [3.8, 4) is 0 Å². The summed E-state index contributed by atoms with van der Waals surface area (Å²) in [5.74, 6) is 0.124. The third-order valence-corrected chi connectivity index (χ3v) is 8.64. The Kier molecular flexibility index (Phi) is 6.61. The Hall–Kier alpha value is -2.66. The van der Waals surface area contributed by atoms with Crippen LogP contribution in [0.25, 0.3) is 0 Å². The second-order valence-corrected chi connectivity index (χ2v) is 10.8. The van der Waals surface area contributed by atoms with E-state index >= 15 is 0 Å². The Morgan fingerprint density at radius 2 is 1.74 bits per heavy atom. The topological polar surface area (TPSA) is 79.8 Å². The number of ether oxygens (including phenoxy) is 1. The van der Waals surface area contributed by atoms with Crippen molar-refractivity contribution in [2.45, 2.75) is 43.5 Å². The molecule has 0 spiro atoms. The summed E-state index contributed by atoms with van der Waals surface area (Å²) < 4.78 is 71.6. The number of carbonyl (C=O) groups is 1. The number of hydrogen-bond donors (Lipinski definition) is 0. The summed E-state index contributed by atoms with van der Waals surface area (Å²) in [6.45, 7) is 1.97. The molecule has 4 rings (SSSR count). The second-order valence-electron chi connectivity index (χ2n) is 8.90. The van der Waals surface area contributed by atoms with Crippen LogP contribution in [0.1, 0.15) is 29.8 Å². The van der Waals surface area contributed by atoms with E-state index in [1.165, 1.54) is 11.2 Å². The predicted octanol–water partition coefficient (Wildman–Crippen LogP) is 4.08. The van der Waals surface area contributed by atoms with Gasteiger partial charge in [-0.25, -0.2) is 18.2 Å². The largest absolute Gasteiger partial charge is 0.445 e. The maximum Gasteiger partial charge on any atom is 0.433 e. The zero-order valence-corrected chi connectivity index (χ0v) is 19.6. The first-order chi connectivity index (χ1) is 16.0. The van der Waals surface area contributed by atoms with Gasteiger partial charge in [0, 0.05) is 26.2 Å². The number of amides is 1. The van der Waals surface area contributed by atoms with Crippen LogP contribution in [0.5, 0.6) is 0 Å². The molecule has 1 aromatic carbocycles. The smallest absolute Gasteiger partial charge is 0.433 e. The summed E-state index contributed by atoms with van der Waals surface area (Å²) >= 11 is 0. The van der Waals surface area contributed by atoms with Crippen LogP contribution in [0, 0.1) is 18.8 Å². The number of pyridine rings is 1. The van der Waals surface area contributed by atoms with Crippen molar-refractivity contribution in [2.75, 3.05) is 20.1 Å². The van der Waals surface area contributed by atoms with Gasteiger partial charge < -0.3 is 9.64 Å². The molecule has 34 heavy (non-hydrogen) atoms. The lowest BCUT2D eigenvalue weighted by Crippen LogP contribution is -2.38. The lowest BCUT2D eigenvalue weighted by molar-refractivity contribution is -0.141.